The number of pyridine rings is 1. The number of nitrogens with zero attached hydrogens (tertiary/aromatic N) is 1. The zero-order chi connectivity index (χ0) is 13.9. The molecule has 0 radical (unpaired) electrons. The quantitative estimate of drug-likeness (QED) is 0.639. The van der Waals surface area contributed by atoms with Crippen molar-refractivity contribution in [3.63, 3.8) is 0 Å². The van der Waals surface area contributed by atoms with Crippen LogP contribution in [0.1, 0.15) is 12.1 Å². The second kappa shape index (κ2) is 5.60. The Labute approximate surface area is 116 Å². The van der Waals surface area contributed by atoms with Gasteiger partial charge in [-0.25, -0.2) is 0 Å². The zero-order valence-corrected chi connectivity index (χ0v) is 11.1. The van der Waals surface area contributed by atoms with Gasteiger partial charge in [0.1, 0.15) is 0 Å². The van der Waals surface area contributed by atoms with Crippen LogP contribution in [-0.4, -0.2) is 40.2 Å². The number of aromatic amines is 1. The summed E-state index contributed by atoms with van der Waals surface area (Å²) in [5.74, 6) is -0.0243. The van der Waals surface area contributed by atoms with Gasteiger partial charge < -0.3 is 20.7 Å². The van der Waals surface area contributed by atoms with Gasteiger partial charge >= 0.3 is 0 Å². The van der Waals surface area contributed by atoms with Crippen molar-refractivity contribution in [1.29, 1.82) is 0 Å². The molecule has 3 rings (SSSR count). The normalized spacial score (nSPS) is 22.2. The van der Waals surface area contributed by atoms with Crippen molar-refractivity contribution in [2.45, 2.75) is 19.1 Å². The average Bonchev–Trinajstić information content (AvgIpc) is 3.03. The Hall–Kier alpha value is -1.92. The number of rotatable bonds is 4. The first-order valence-corrected chi connectivity index (χ1v) is 6.80. The van der Waals surface area contributed by atoms with Crippen molar-refractivity contribution in [1.82, 2.24) is 20.6 Å². The fraction of sp³-hybridized carbons (Fsp3) is 0.429. The van der Waals surface area contributed by atoms with Crippen LogP contribution < -0.4 is 10.6 Å². The minimum atomic E-state index is -0.418. The largest absolute Gasteiger partial charge is 0.391 e. The lowest BCUT2D eigenvalue weighted by atomic mass is 10.0. The van der Waals surface area contributed by atoms with E-state index in [1.54, 1.807) is 6.20 Å². The van der Waals surface area contributed by atoms with E-state index in [1.807, 2.05) is 18.2 Å². The molecule has 1 fully saturated rings. The molecule has 2 atom stereocenters. The SMILES string of the molecule is O=C(C[C@@H]1CNC[C@H]1O)NCc1cc2ncccc2[nH]1. The number of hydrogen-bond donors (Lipinski definition) is 4. The summed E-state index contributed by atoms with van der Waals surface area (Å²) < 4.78 is 0. The molecule has 3 heterocycles. The number of aromatic nitrogens is 2. The summed E-state index contributed by atoms with van der Waals surface area (Å²) in [6.07, 6.45) is 1.68. The summed E-state index contributed by atoms with van der Waals surface area (Å²) in [6, 6.07) is 5.76. The van der Waals surface area contributed by atoms with Crippen LogP contribution in [0.3, 0.4) is 0 Å². The number of nitrogens with one attached hydrogen (secondary N) is 3. The van der Waals surface area contributed by atoms with Crippen LogP contribution in [0.5, 0.6) is 0 Å². The number of carbonyl (C=O) groups excluding carboxylic acids is 1. The topological polar surface area (TPSA) is 90.0 Å². The molecule has 20 heavy (non-hydrogen) atoms. The lowest BCUT2D eigenvalue weighted by Crippen LogP contribution is -2.29. The molecule has 1 amide bonds. The zero-order valence-electron chi connectivity index (χ0n) is 11.1. The monoisotopic (exact) mass is 274 g/mol. The number of H-pyrrole nitrogens is 1. The first-order chi connectivity index (χ1) is 9.72. The average molecular weight is 274 g/mol. The van der Waals surface area contributed by atoms with E-state index in [0.29, 0.717) is 26.1 Å². The summed E-state index contributed by atoms with van der Waals surface area (Å²) in [5.41, 5.74) is 2.79. The van der Waals surface area contributed by atoms with Crippen molar-refractivity contribution in [2.75, 3.05) is 13.1 Å². The highest BCUT2D eigenvalue weighted by molar-refractivity contribution is 5.77. The molecular formula is C14H18N4O2. The van der Waals surface area contributed by atoms with Gasteiger partial charge in [-0.05, 0) is 18.2 Å². The second-order valence-corrected chi connectivity index (χ2v) is 5.20. The van der Waals surface area contributed by atoms with Gasteiger partial charge in [0.05, 0.1) is 23.7 Å². The molecule has 0 bridgehead atoms. The molecule has 106 valence electrons. The van der Waals surface area contributed by atoms with E-state index in [2.05, 4.69) is 20.6 Å². The van der Waals surface area contributed by atoms with E-state index in [1.165, 1.54) is 0 Å². The molecular weight excluding hydrogens is 256 g/mol. The van der Waals surface area contributed by atoms with Crippen LogP contribution in [0.15, 0.2) is 24.4 Å². The molecule has 2 aromatic heterocycles. The predicted molar refractivity (Wildman–Crippen MR) is 74.9 cm³/mol. The van der Waals surface area contributed by atoms with Gasteiger partial charge in [-0.3, -0.25) is 9.78 Å². The fourth-order valence-electron chi connectivity index (χ4n) is 2.54. The Kier molecular flexibility index (Phi) is 3.66. The molecule has 1 aliphatic rings. The van der Waals surface area contributed by atoms with Gasteiger partial charge in [-0.15, -0.1) is 0 Å². The standard InChI is InChI=1S/C14H18N4O2/c19-13-8-15-6-9(13)4-14(20)17-7-10-5-12-11(18-10)2-1-3-16-12/h1-3,5,9,13,15,18-19H,4,6-8H2,(H,17,20)/t9-,13-/m1/s1. The Morgan fingerprint density at radius 1 is 1.50 bits per heavy atom. The lowest BCUT2D eigenvalue weighted by Gasteiger charge is -2.12. The Balaban J connectivity index is 1.54. The van der Waals surface area contributed by atoms with E-state index in [-0.39, 0.29) is 11.8 Å². The molecule has 4 N–H and O–H groups in total. The molecule has 0 aliphatic carbocycles. The third kappa shape index (κ3) is 2.81. The minimum Gasteiger partial charge on any atom is -0.391 e. The summed E-state index contributed by atoms with van der Waals surface area (Å²) in [6.45, 7) is 1.72. The van der Waals surface area contributed by atoms with Crippen LogP contribution in [-0.2, 0) is 11.3 Å². The highest BCUT2D eigenvalue weighted by atomic mass is 16.3. The number of fused-ring (bicyclic) bond motifs is 1. The van der Waals surface area contributed by atoms with Crippen LogP contribution in [0.2, 0.25) is 0 Å². The van der Waals surface area contributed by atoms with E-state index in [4.69, 9.17) is 0 Å². The molecule has 0 aromatic carbocycles. The van der Waals surface area contributed by atoms with Gasteiger partial charge in [0, 0.05) is 37.3 Å². The highest BCUT2D eigenvalue weighted by Crippen LogP contribution is 2.14. The second-order valence-electron chi connectivity index (χ2n) is 5.20. The first kappa shape index (κ1) is 13.1. The van der Waals surface area contributed by atoms with Gasteiger partial charge in [0.15, 0.2) is 0 Å². The summed E-state index contributed by atoms with van der Waals surface area (Å²) >= 11 is 0. The van der Waals surface area contributed by atoms with Gasteiger partial charge in [-0.1, -0.05) is 0 Å². The number of aliphatic hydroxyl groups excluding tert-OH is 1. The Bertz CT molecular complexity index is 577. The maximum absolute atomic E-state index is 11.9. The van der Waals surface area contributed by atoms with E-state index < -0.39 is 6.10 Å². The van der Waals surface area contributed by atoms with Crippen molar-refractivity contribution in [2.24, 2.45) is 5.92 Å². The number of carbonyl (C=O) groups is 1. The number of hydrogen-bond acceptors (Lipinski definition) is 4. The van der Waals surface area contributed by atoms with Gasteiger partial charge in [0.2, 0.25) is 5.91 Å². The minimum absolute atomic E-state index is 0.0133. The molecule has 6 nitrogen and oxygen atoms in total. The van der Waals surface area contributed by atoms with Crippen LogP contribution in [0, 0.1) is 5.92 Å². The van der Waals surface area contributed by atoms with Crippen LogP contribution >= 0.6 is 0 Å². The van der Waals surface area contributed by atoms with Crippen molar-refractivity contribution < 1.29 is 9.90 Å². The summed E-state index contributed by atoms with van der Waals surface area (Å²) in [5, 5.41) is 15.6. The van der Waals surface area contributed by atoms with Crippen molar-refractivity contribution >= 4 is 16.9 Å². The van der Waals surface area contributed by atoms with Gasteiger partial charge in [0.25, 0.3) is 0 Å². The molecule has 1 aliphatic heterocycles. The van der Waals surface area contributed by atoms with Crippen molar-refractivity contribution in [3.05, 3.63) is 30.1 Å². The summed E-state index contributed by atoms with van der Waals surface area (Å²) in [7, 11) is 0. The van der Waals surface area contributed by atoms with E-state index in [9.17, 15) is 9.90 Å². The Morgan fingerprint density at radius 3 is 3.15 bits per heavy atom. The van der Waals surface area contributed by atoms with Crippen LogP contribution in [0.4, 0.5) is 0 Å². The van der Waals surface area contributed by atoms with Crippen LogP contribution in [0.25, 0.3) is 11.0 Å². The third-order valence-electron chi connectivity index (χ3n) is 3.67. The molecule has 0 unspecified atom stereocenters. The number of β-amino-alcohol motifs (C(OH)–C–C–N with tert-alkyl or cyclic N) is 1. The lowest BCUT2D eigenvalue weighted by molar-refractivity contribution is -0.122. The van der Waals surface area contributed by atoms with E-state index >= 15 is 0 Å². The van der Waals surface area contributed by atoms with Crippen molar-refractivity contribution in [3.8, 4) is 0 Å². The molecule has 0 spiro atoms. The molecule has 1 saturated heterocycles. The van der Waals surface area contributed by atoms with Gasteiger partial charge in [-0.2, -0.15) is 0 Å². The molecule has 2 aromatic rings. The maximum Gasteiger partial charge on any atom is 0.220 e. The third-order valence-corrected chi connectivity index (χ3v) is 3.67. The predicted octanol–water partition coefficient (Wildman–Crippen LogP) is 0.149. The molecule has 6 heteroatoms. The van der Waals surface area contributed by atoms with E-state index in [0.717, 1.165) is 16.7 Å². The number of aliphatic hydroxyl groups is 1. The number of amides is 1. The summed E-state index contributed by atoms with van der Waals surface area (Å²) in [4.78, 5) is 19.3. The Morgan fingerprint density at radius 2 is 2.40 bits per heavy atom. The highest BCUT2D eigenvalue weighted by Gasteiger charge is 2.26. The fourth-order valence-corrected chi connectivity index (χ4v) is 2.54. The first-order valence-electron chi connectivity index (χ1n) is 6.80. The maximum atomic E-state index is 11.9. The molecule has 0 saturated carbocycles. The smallest absolute Gasteiger partial charge is 0.220 e.